The first-order valence-electron chi connectivity index (χ1n) is 7.01. The molecular formula is C15H17N3O2. The van der Waals surface area contributed by atoms with Crippen molar-refractivity contribution < 1.29 is 9.53 Å². The second kappa shape index (κ2) is 5.41. The lowest BCUT2D eigenvalue weighted by molar-refractivity contribution is 0.181. The summed E-state index contributed by atoms with van der Waals surface area (Å²) in [5, 5.41) is 9.33. The molecule has 2 aliphatic heterocycles. The third-order valence-corrected chi connectivity index (χ3v) is 3.89. The van der Waals surface area contributed by atoms with Crippen LogP contribution in [-0.4, -0.2) is 31.8 Å². The fourth-order valence-electron chi connectivity index (χ4n) is 2.90. The Morgan fingerprint density at radius 3 is 2.70 bits per heavy atom. The van der Waals surface area contributed by atoms with Gasteiger partial charge in [0.2, 0.25) is 0 Å². The van der Waals surface area contributed by atoms with Gasteiger partial charge in [-0.25, -0.2) is 4.79 Å². The summed E-state index contributed by atoms with van der Waals surface area (Å²) in [6.45, 7) is 1.86. The van der Waals surface area contributed by atoms with E-state index >= 15 is 0 Å². The second-order valence-corrected chi connectivity index (χ2v) is 5.09. The standard InChI is InChI=1S/C15H17N3O2/c16-11-12-5-3-4-8-17(12)13-6-1-2-7-14(13)18-9-10-20-15(18)19/h1-2,6-7,12H,3-5,8-10H2. The number of para-hydroxylation sites is 2. The first-order valence-corrected chi connectivity index (χ1v) is 7.01. The number of carbonyl (C=O) groups is 1. The van der Waals surface area contributed by atoms with E-state index in [1.807, 2.05) is 24.3 Å². The highest BCUT2D eigenvalue weighted by molar-refractivity contribution is 5.93. The van der Waals surface area contributed by atoms with E-state index in [4.69, 9.17) is 4.74 Å². The largest absolute Gasteiger partial charge is 0.447 e. The highest BCUT2D eigenvalue weighted by Gasteiger charge is 2.30. The molecule has 5 heteroatoms. The average molecular weight is 271 g/mol. The van der Waals surface area contributed by atoms with E-state index in [2.05, 4.69) is 11.0 Å². The molecule has 1 aromatic carbocycles. The maximum atomic E-state index is 11.8. The molecule has 3 rings (SSSR count). The minimum atomic E-state index is -0.303. The van der Waals surface area contributed by atoms with Gasteiger partial charge in [0.05, 0.1) is 24.0 Å². The van der Waals surface area contributed by atoms with Crippen molar-refractivity contribution in [3.05, 3.63) is 24.3 Å². The Morgan fingerprint density at radius 1 is 1.20 bits per heavy atom. The van der Waals surface area contributed by atoms with Crippen molar-refractivity contribution in [1.82, 2.24) is 0 Å². The van der Waals surface area contributed by atoms with E-state index < -0.39 is 0 Å². The smallest absolute Gasteiger partial charge is 0.414 e. The summed E-state index contributed by atoms with van der Waals surface area (Å²) in [5.41, 5.74) is 1.80. The van der Waals surface area contributed by atoms with Crippen LogP contribution in [-0.2, 0) is 4.74 Å². The minimum Gasteiger partial charge on any atom is -0.447 e. The Hall–Kier alpha value is -2.22. The van der Waals surface area contributed by atoms with Gasteiger partial charge in [-0.15, -0.1) is 0 Å². The van der Waals surface area contributed by atoms with Crippen molar-refractivity contribution in [3.63, 3.8) is 0 Å². The number of anilines is 2. The molecular weight excluding hydrogens is 254 g/mol. The monoisotopic (exact) mass is 271 g/mol. The highest BCUT2D eigenvalue weighted by Crippen LogP contribution is 2.34. The molecule has 2 saturated heterocycles. The van der Waals surface area contributed by atoms with E-state index in [1.165, 1.54) is 0 Å². The van der Waals surface area contributed by atoms with Gasteiger partial charge >= 0.3 is 6.09 Å². The lowest BCUT2D eigenvalue weighted by atomic mass is 10.0. The van der Waals surface area contributed by atoms with Gasteiger partial charge in [0.15, 0.2) is 0 Å². The van der Waals surface area contributed by atoms with E-state index in [9.17, 15) is 10.1 Å². The highest BCUT2D eigenvalue weighted by atomic mass is 16.6. The number of nitrogens with zero attached hydrogens (tertiary/aromatic N) is 3. The third kappa shape index (κ3) is 2.18. The van der Waals surface area contributed by atoms with Gasteiger partial charge in [0, 0.05) is 6.54 Å². The van der Waals surface area contributed by atoms with Crippen LogP contribution in [0.4, 0.5) is 16.2 Å². The van der Waals surface area contributed by atoms with Gasteiger partial charge in [-0.3, -0.25) is 4.90 Å². The van der Waals surface area contributed by atoms with Crippen LogP contribution in [0.3, 0.4) is 0 Å². The van der Waals surface area contributed by atoms with Crippen LogP contribution in [0.5, 0.6) is 0 Å². The van der Waals surface area contributed by atoms with Crippen molar-refractivity contribution in [2.24, 2.45) is 0 Å². The number of ether oxygens (including phenoxy) is 1. The molecule has 1 unspecified atom stereocenters. The maximum Gasteiger partial charge on any atom is 0.414 e. The predicted molar refractivity (Wildman–Crippen MR) is 75.7 cm³/mol. The number of nitriles is 1. The topological polar surface area (TPSA) is 56.6 Å². The molecule has 1 amide bonds. The summed E-state index contributed by atoms with van der Waals surface area (Å²) in [5.74, 6) is 0. The zero-order valence-corrected chi connectivity index (χ0v) is 11.3. The quantitative estimate of drug-likeness (QED) is 0.829. The van der Waals surface area contributed by atoms with E-state index in [-0.39, 0.29) is 12.1 Å². The first kappa shape index (κ1) is 12.8. The SMILES string of the molecule is N#CC1CCCCN1c1ccccc1N1CCOC1=O. The van der Waals surface area contributed by atoms with Crippen LogP contribution in [0, 0.1) is 11.3 Å². The van der Waals surface area contributed by atoms with Crippen LogP contribution < -0.4 is 9.80 Å². The summed E-state index contributed by atoms with van der Waals surface area (Å²) < 4.78 is 5.02. The summed E-state index contributed by atoms with van der Waals surface area (Å²) in [6.07, 6.45) is 2.75. The molecule has 2 aliphatic rings. The van der Waals surface area contributed by atoms with Crippen LogP contribution in [0.25, 0.3) is 0 Å². The lowest BCUT2D eigenvalue weighted by Crippen LogP contribution is -2.39. The number of amides is 1. The summed E-state index contributed by atoms with van der Waals surface area (Å²) in [4.78, 5) is 15.5. The van der Waals surface area contributed by atoms with Crippen molar-refractivity contribution in [2.45, 2.75) is 25.3 Å². The van der Waals surface area contributed by atoms with E-state index in [1.54, 1.807) is 4.90 Å². The van der Waals surface area contributed by atoms with Gasteiger partial charge < -0.3 is 9.64 Å². The van der Waals surface area contributed by atoms with Gasteiger partial charge in [0.25, 0.3) is 0 Å². The molecule has 0 spiro atoms. The van der Waals surface area contributed by atoms with Gasteiger partial charge in [-0.2, -0.15) is 5.26 Å². The maximum absolute atomic E-state index is 11.8. The number of hydrogen-bond donors (Lipinski definition) is 0. The number of benzene rings is 1. The van der Waals surface area contributed by atoms with Crippen molar-refractivity contribution >= 4 is 17.5 Å². The Morgan fingerprint density at radius 2 is 2.00 bits per heavy atom. The molecule has 1 atom stereocenters. The van der Waals surface area contributed by atoms with Crippen LogP contribution in [0.15, 0.2) is 24.3 Å². The van der Waals surface area contributed by atoms with Crippen LogP contribution in [0.2, 0.25) is 0 Å². The lowest BCUT2D eigenvalue weighted by Gasteiger charge is -2.35. The van der Waals surface area contributed by atoms with Gasteiger partial charge in [-0.1, -0.05) is 12.1 Å². The zero-order valence-electron chi connectivity index (χ0n) is 11.3. The number of piperidine rings is 1. The normalized spacial score (nSPS) is 22.6. The Kier molecular flexibility index (Phi) is 3.46. The van der Waals surface area contributed by atoms with E-state index in [0.717, 1.165) is 37.2 Å². The average Bonchev–Trinajstić information content (AvgIpc) is 2.93. The molecule has 20 heavy (non-hydrogen) atoms. The number of rotatable bonds is 2. The molecule has 2 fully saturated rings. The molecule has 104 valence electrons. The van der Waals surface area contributed by atoms with Crippen molar-refractivity contribution in [1.29, 1.82) is 5.26 Å². The first-order chi connectivity index (χ1) is 9.81. The number of carbonyl (C=O) groups excluding carboxylic acids is 1. The fraction of sp³-hybridized carbons (Fsp3) is 0.467. The molecule has 1 aromatic rings. The fourth-order valence-corrected chi connectivity index (χ4v) is 2.90. The van der Waals surface area contributed by atoms with Crippen LogP contribution in [0.1, 0.15) is 19.3 Å². The number of cyclic esters (lactones) is 1. The molecule has 0 N–H and O–H groups in total. The second-order valence-electron chi connectivity index (χ2n) is 5.09. The van der Waals surface area contributed by atoms with Crippen LogP contribution >= 0.6 is 0 Å². The molecule has 0 aliphatic carbocycles. The van der Waals surface area contributed by atoms with Gasteiger partial charge in [0.1, 0.15) is 12.6 Å². The molecule has 2 heterocycles. The van der Waals surface area contributed by atoms with Crippen molar-refractivity contribution in [3.8, 4) is 6.07 Å². The summed E-state index contributed by atoms with van der Waals surface area (Å²) >= 11 is 0. The molecule has 5 nitrogen and oxygen atoms in total. The molecule has 0 radical (unpaired) electrons. The molecule has 0 saturated carbocycles. The van der Waals surface area contributed by atoms with E-state index in [0.29, 0.717) is 13.2 Å². The summed E-state index contributed by atoms with van der Waals surface area (Å²) in [7, 11) is 0. The predicted octanol–water partition coefficient (Wildman–Crippen LogP) is 2.53. The molecule has 0 bridgehead atoms. The zero-order chi connectivity index (χ0) is 13.9. The molecule has 0 aromatic heterocycles. The Bertz CT molecular complexity index is 552. The number of hydrogen-bond acceptors (Lipinski definition) is 4. The third-order valence-electron chi connectivity index (χ3n) is 3.89. The minimum absolute atomic E-state index is 0.108. The Labute approximate surface area is 118 Å². The van der Waals surface area contributed by atoms with Crippen molar-refractivity contribution in [2.75, 3.05) is 29.5 Å². The summed E-state index contributed by atoms with van der Waals surface area (Å²) in [6, 6.07) is 10.0. The van der Waals surface area contributed by atoms with Gasteiger partial charge in [-0.05, 0) is 31.4 Å². The Balaban J connectivity index is 1.97.